The molecule has 2 bridgehead atoms. The van der Waals surface area contributed by atoms with E-state index in [0.29, 0.717) is 12.8 Å². The van der Waals surface area contributed by atoms with Gasteiger partial charge in [0.05, 0.1) is 0 Å². The Morgan fingerprint density at radius 1 is 1.12 bits per heavy atom. The molecule has 0 aromatic rings. The molecule has 1 heterocycles. The fourth-order valence-corrected chi connectivity index (χ4v) is 9.83. The van der Waals surface area contributed by atoms with Crippen molar-refractivity contribution in [3.05, 3.63) is 0 Å². The van der Waals surface area contributed by atoms with E-state index in [1.54, 1.807) is 0 Å². The van der Waals surface area contributed by atoms with E-state index in [1.807, 2.05) is 20.8 Å². The van der Waals surface area contributed by atoms with E-state index in [1.165, 1.54) is 11.8 Å². The number of alkyl halides is 5. The van der Waals surface area contributed by atoms with E-state index in [-0.39, 0.29) is 5.75 Å². The first kappa shape index (κ1) is 25.8. The van der Waals surface area contributed by atoms with Crippen LogP contribution < -0.4 is 0 Å². The quantitative estimate of drug-likeness (QED) is 0.326. The third-order valence-electron chi connectivity index (χ3n) is 7.07. The van der Waals surface area contributed by atoms with Crippen molar-refractivity contribution < 1.29 is 54.0 Å². The fourth-order valence-electron chi connectivity index (χ4n) is 5.02. The topological polar surface area (TPSA) is 107 Å². The molecule has 3 fully saturated rings. The minimum atomic E-state index is -6.06. The highest BCUT2D eigenvalue weighted by molar-refractivity contribution is 8.21. The zero-order valence-corrected chi connectivity index (χ0v) is 19.5. The molecule has 7 nitrogen and oxygen atoms in total. The summed E-state index contributed by atoms with van der Waals surface area (Å²) < 4.78 is 104. The van der Waals surface area contributed by atoms with Crippen LogP contribution in [0.3, 0.4) is 0 Å². The van der Waals surface area contributed by atoms with E-state index in [4.69, 9.17) is 9.29 Å². The second-order valence-corrected chi connectivity index (χ2v) is 13.4. The van der Waals surface area contributed by atoms with Gasteiger partial charge in [-0.15, -0.1) is 23.5 Å². The van der Waals surface area contributed by atoms with Gasteiger partial charge in [0.15, 0.2) is 0 Å². The smallest absolute Gasteiger partial charge is 0.458 e. The van der Waals surface area contributed by atoms with Gasteiger partial charge in [0.2, 0.25) is 0 Å². The van der Waals surface area contributed by atoms with Crippen LogP contribution in [-0.4, -0.2) is 64.1 Å². The van der Waals surface area contributed by atoms with Crippen molar-refractivity contribution in [1.82, 2.24) is 0 Å². The molecule has 1 saturated heterocycles. The molecule has 1 spiro atoms. The van der Waals surface area contributed by atoms with Crippen LogP contribution in [0.25, 0.3) is 0 Å². The molecule has 1 aliphatic heterocycles. The van der Waals surface area contributed by atoms with Gasteiger partial charge in [0, 0.05) is 22.3 Å². The first-order chi connectivity index (χ1) is 14.3. The maximum Gasteiger partial charge on any atom is 0.490 e. The van der Waals surface area contributed by atoms with E-state index in [9.17, 15) is 40.0 Å². The number of carbonyl (C=O) groups excluding carboxylic acids is 2. The molecule has 184 valence electrons. The Hall–Kier alpha value is -0.800. The Bertz CT molecular complexity index is 922. The summed E-state index contributed by atoms with van der Waals surface area (Å²) in [4.78, 5) is 23.1. The first-order valence-electron chi connectivity index (χ1n) is 9.43. The average Bonchev–Trinajstić information content (AvgIpc) is 3.19. The lowest BCUT2D eigenvalue weighted by Gasteiger charge is -2.47. The predicted molar refractivity (Wildman–Crippen MR) is 105 cm³/mol. The SMILES string of the molecule is CC1(C)C2CCC1(C)C1(SCC(COC(=O)C(F)(F)F)S1)C2OC(=O)C(F)(F)S(=O)(=O)O. The van der Waals surface area contributed by atoms with Gasteiger partial charge in [-0.3, -0.25) is 4.55 Å². The van der Waals surface area contributed by atoms with Gasteiger partial charge in [-0.05, 0) is 18.3 Å². The number of rotatable bonds is 5. The van der Waals surface area contributed by atoms with Crippen LogP contribution in [0, 0.1) is 16.7 Å². The minimum absolute atomic E-state index is 0.191. The summed E-state index contributed by atoms with van der Waals surface area (Å²) in [5.41, 5.74) is -1.18. The molecule has 0 radical (unpaired) electrons. The number of esters is 2. The summed E-state index contributed by atoms with van der Waals surface area (Å²) in [6.45, 7) is 5.01. The second kappa shape index (κ2) is 7.60. The summed E-state index contributed by atoms with van der Waals surface area (Å²) in [6.07, 6.45) is -5.25. The second-order valence-electron chi connectivity index (χ2n) is 8.83. The highest BCUT2D eigenvalue weighted by atomic mass is 32.2. The van der Waals surface area contributed by atoms with E-state index >= 15 is 0 Å². The van der Waals surface area contributed by atoms with Gasteiger partial charge >= 0.3 is 33.5 Å². The highest BCUT2D eigenvalue weighted by Crippen LogP contribution is 2.79. The fraction of sp³-hybridized carbons (Fsp3) is 0.882. The van der Waals surface area contributed by atoms with Crippen LogP contribution >= 0.6 is 23.5 Å². The van der Waals surface area contributed by atoms with Gasteiger partial charge in [-0.2, -0.15) is 30.4 Å². The summed E-state index contributed by atoms with van der Waals surface area (Å²) >= 11 is 2.30. The Labute approximate surface area is 189 Å². The molecule has 2 saturated carbocycles. The van der Waals surface area contributed by atoms with Crippen LogP contribution in [0.1, 0.15) is 33.6 Å². The first-order valence-corrected chi connectivity index (χ1v) is 12.7. The maximum atomic E-state index is 13.9. The van der Waals surface area contributed by atoms with Gasteiger partial charge in [-0.1, -0.05) is 20.8 Å². The van der Waals surface area contributed by atoms with E-state index in [0.717, 1.165) is 11.8 Å². The number of hydrogen-bond donors (Lipinski definition) is 1. The lowest BCUT2D eigenvalue weighted by Crippen LogP contribution is -2.51. The van der Waals surface area contributed by atoms with Crippen molar-refractivity contribution in [3.8, 4) is 0 Å². The van der Waals surface area contributed by atoms with Crippen molar-refractivity contribution in [1.29, 1.82) is 0 Å². The summed E-state index contributed by atoms with van der Waals surface area (Å²) in [5, 5.41) is -5.81. The van der Waals surface area contributed by atoms with Crippen molar-refractivity contribution in [2.24, 2.45) is 16.7 Å². The van der Waals surface area contributed by atoms with Gasteiger partial charge in [0.1, 0.15) is 16.8 Å². The average molecular weight is 529 g/mol. The molecule has 15 heteroatoms. The number of carbonyl (C=O) groups is 2. The van der Waals surface area contributed by atoms with Crippen molar-refractivity contribution >= 4 is 45.6 Å². The molecule has 0 aromatic heterocycles. The molecule has 5 atom stereocenters. The zero-order chi connectivity index (χ0) is 24.5. The highest BCUT2D eigenvalue weighted by Gasteiger charge is 2.77. The molecule has 1 N–H and O–H groups in total. The normalized spacial score (nSPS) is 36.5. The molecule has 3 aliphatic rings. The number of hydrogen-bond acceptors (Lipinski definition) is 8. The zero-order valence-electron chi connectivity index (χ0n) is 17.1. The van der Waals surface area contributed by atoms with Gasteiger partial charge in [-0.25, -0.2) is 9.59 Å². The minimum Gasteiger partial charge on any atom is -0.458 e. The lowest BCUT2D eigenvalue weighted by molar-refractivity contribution is -0.199. The molecule has 0 aromatic carbocycles. The third kappa shape index (κ3) is 3.61. The standard InChI is InChI=1S/C17H21F5O7S3/c1-13(2)9-4-5-14(13,3)15(10(9)29-12(24)17(21,22)32(25,26)27)30-7-8(31-15)6-28-11(23)16(18,19)20/h8-10H,4-7H2,1-3H3,(H,25,26,27). The monoisotopic (exact) mass is 528 g/mol. The Morgan fingerprint density at radius 2 is 1.72 bits per heavy atom. The number of fused-ring (bicyclic) bond motifs is 3. The van der Waals surface area contributed by atoms with Crippen LogP contribution in [0.15, 0.2) is 0 Å². The number of ether oxygens (including phenoxy) is 2. The Balaban J connectivity index is 1.88. The van der Waals surface area contributed by atoms with E-state index < -0.39 is 72.3 Å². The predicted octanol–water partition coefficient (Wildman–Crippen LogP) is 3.49. The lowest BCUT2D eigenvalue weighted by atomic mass is 9.70. The Kier molecular flexibility index (Phi) is 6.13. The molecule has 0 amide bonds. The van der Waals surface area contributed by atoms with Crippen LogP contribution in [-0.2, 0) is 29.2 Å². The van der Waals surface area contributed by atoms with Crippen molar-refractivity contribution in [2.75, 3.05) is 12.4 Å². The molecule has 32 heavy (non-hydrogen) atoms. The molecular formula is C17H21F5O7S3. The number of thioether (sulfide) groups is 2. The third-order valence-corrected chi connectivity index (χ3v) is 12.1. The summed E-state index contributed by atoms with van der Waals surface area (Å²) in [7, 11) is -6.06. The van der Waals surface area contributed by atoms with Crippen LogP contribution in [0.4, 0.5) is 22.0 Å². The van der Waals surface area contributed by atoms with E-state index in [2.05, 4.69) is 4.74 Å². The van der Waals surface area contributed by atoms with Crippen LogP contribution in [0.5, 0.6) is 0 Å². The van der Waals surface area contributed by atoms with Crippen molar-refractivity contribution in [3.63, 3.8) is 0 Å². The van der Waals surface area contributed by atoms with Gasteiger partial charge < -0.3 is 9.47 Å². The van der Waals surface area contributed by atoms with Crippen molar-refractivity contribution in [2.45, 2.75) is 60.5 Å². The molecule has 3 rings (SSSR count). The molecular weight excluding hydrogens is 507 g/mol. The van der Waals surface area contributed by atoms with Crippen LogP contribution in [0.2, 0.25) is 0 Å². The molecule has 2 aliphatic carbocycles. The summed E-state index contributed by atoms with van der Waals surface area (Å²) in [5.74, 6) is -5.01. The molecule has 5 unspecified atom stereocenters. The Morgan fingerprint density at radius 3 is 2.25 bits per heavy atom. The summed E-state index contributed by atoms with van der Waals surface area (Å²) in [6, 6.07) is 0. The maximum absolute atomic E-state index is 13.9. The van der Waals surface area contributed by atoms with Gasteiger partial charge in [0.25, 0.3) is 0 Å². The number of halogens is 5. The largest absolute Gasteiger partial charge is 0.490 e.